The lowest BCUT2D eigenvalue weighted by Crippen LogP contribution is -2.28. The van der Waals surface area contributed by atoms with Gasteiger partial charge in [0.15, 0.2) is 11.2 Å². The summed E-state index contributed by atoms with van der Waals surface area (Å²) in [7, 11) is 0. The number of benzene rings is 6. The fourth-order valence-corrected chi connectivity index (χ4v) is 8.44. The monoisotopic (exact) mass is 723 g/mol. The van der Waals surface area contributed by atoms with Gasteiger partial charge in [-0.3, -0.25) is 0 Å². The van der Waals surface area contributed by atoms with Crippen molar-refractivity contribution in [1.82, 2.24) is 9.97 Å². The molecule has 268 valence electrons. The van der Waals surface area contributed by atoms with Crippen molar-refractivity contribution in [2.75, 3.05) is 4.90 Å². The zero-order chi connectivity index (χ0) is 37.6. The van der Waals surface area contributed by atoms with E-state index in [-0.39, 0.29) is 0 Å². The van der Waals surface area contributed by atoms with Crippen LogP contribution in [0.2, 0.25) is 0 Å². The van der Waals surface area contributed by atoms with E-state index in [0.717, 1.165) is 52.1 Å². The van der Waals surface area contributed by atoms with Crippen LogP contribution in [0.4, 0.5) is 17.1 Å². The second-order valence-electron chi connectivity index (χ2n) is 14.2. The smallest absolute Gasteiger partial charge is 0.226 e. The molecule has 2 heterocycles. The zero-order valence-corrected chi connectivity index (χ0v) is 30.7. The van der Waals surface area contributed by atoms with E-state index < -0.39 is 5.41 Å². The van der Waals surface area contributed by atoms with Crippen LogP contribution < -0.4 is 4.90 Å². The van der Waals surface area contributed by atoms with E-state index in [4.69, 9.17) is 18.8 Å². The molecular weight excluding hydrogens is 687 g/mol. The molecule has 5 heteroatoms. The van der Waals surface area contributed by atoms with Crippen LogP contribution in [0, 0.1) is 0 Å². The third-order valence-corrected chi connectivity index (χ3v) is 11.0. The Morgan fingerprint density at radius 2 is 1.36 bits per heavy atom. The summed E-state index contributed by atoms with van der Waals surface area (Å²) in [6.45, 7) is 7.94. The molecular formula is C51H37N3O2. The highest BCUT2D eigenvalue weighted by Gasteiger charge is 2.46. The second-order valence-corrected chi connectivity index (χ2v) is 14.2. The van der Waals surface area contributed by atoms with Crippen LogP contribution in [0.1, 0.15) is 46.9 Å². The summed E-state index contributed by atoms with van der Waals surface area (Å²) in [6.07, 6.45) is 13.6. The van der Waals surface area contributed by atoms with Gasteiger partial charge in [0, 0.05) is 34.3 Å². The van der Waals surface area contributed by atoms with Gasteiger partial charge in [0.25, 0.3) is 0 Å². The Morgan fingerprint density at radius 1 is 0.661 bits per heavy atom. The van der Waals surface area contributed by atoms with Gasteiger partial charge in [-0.1, -0.05) is 141 Å². The molecule has 0 N–H and O–H groups in total. The number of hydrogen-bond acceptors (Lipinski definition) is 5. The topological polar surface area (TPSA) is 55.3 Å². The predicted octanol–water partition coefficient (Wildman–Crippen LogP) is 13.3. The van der Waals surface area contributed by atoms with E-state index in [1.165, 1.54) is 33.4 Å². The summed E-state index contributed by atoms with van der Waals surface area (Å²) >= 11 is 0. The quantitative estimate of drug-likeness (QED) is 0.139. The van der Waals surface area contributed by atoms with Crippen LogP contribution >= 0.6 is 0 Å². The van der Waals surface area contributed by atoms with Gasteiger partial charge in [0.05, 0.1) is 5.41 Å². The molecule has 0 spiro atoms. The lowest BCUT2D eigenvalue weighted by molar-refractivity contribution is 0.580. The van der Waals surface area contributed by atoms with E-state index in [9.17, 15) is 0 Å². The highest BCUT2D eigenvalue weighted by atomic mass is 16.4. The van der Waals surface area contributed by atoms with Gasteiger partial charge >= 0.3 is 0 Å². The SMILES string of the molecule is C=C/C=C\C(=C)c1nc2cc(N(c3ccc4c(c3)C(c3ccccc3)(c3ccccc3)c3ccccc3-4)c3ccc4nc(C5=CC=CCC5)oc4c3)ccc2o1. The van der Waals surface area contributed by atoms with Crippen LogP contribution in [0.15, 0.2) is 198 Å². The normalized spacial score (nSPS) is 14.2. The average molecular weight is 724 g/mol. The van der Waals surface area contributed by atoms with Crippen molar-refractivity contribution < 1.29 is 8.83 Å². The molecule has 0 aliphatic heterocycles. The molecule has 0 fully saturated rings. The van der Waals surface area contributed by atoms with Crippen LogP contribution in [-0.4, -0.2) is 9.97 Å². The molecule has 0 amide bonds. The van der Waals surface area contributed by atoms with Crippen molar-refractivity contribution in [3.8, 4) is 11.1 Å². The molecule has 6 aromatic carbocycles. The minimum absolute atomic E-state index is 0.468. The molecule has 2 aromatic heterocycles. The fourth-order valence-electron chi connectivity index (χ4n) is 8.44. The Bertz CT molecular complexity index is 2870. The first-order valence-electron chi connectivity index (χ1n) is 18.9. The van der Waals surface area contributed by atoms with Gasteiger partial charge in [-0.2, -0.15) is 0 Å². The molecule has 0 radical (unpaired) electrons. The maximum Gasteiger partial charge on any atom is 0.226 e. The van der Waals surface area contributed by atoms with Crippen molar-refractivity contribution >= 4 is 50.4 Å². The molecule has 5 nitrogen and oxygen atoms in total. The molecule has 2 aliphatic carbocycles. The van der Waals surface area contributed by atoms with Gasteiger partial charge < -0.3 is 13.7 Å². The zero-order valence-electron chi connectivity index (χ0n) is 30.7. The van der Waals surface area contributed by atoms with Gasteiger partial charge in [-0.15, -0.1) is 0 Å². The fraction of sp³-hybridized carbons (Fsp3) is 0.0588. The molecule has 0 atom stereocenters. The average Bonchev–Trinajstić information content (AvgIpc) is 3.97. The largest absolute Gasteiger partial charge is 0.436 e. The maximum absolute atomic E-state index is 6.48. The first kappa shape index (κ1) is 33.3. The van der Waals surface area contributed by atoms with Crippen molar-refractivity contribution in [3.63, 3.8) is 0 Å². The summed E-state index contributed by atoms with van der Waals surface area (Å²) in [5.74, 6) is 1.14. The molecule has 56 heavy (non-hydrogen) atoms. The number of fused-ring (bicyclic) bond motifs is 5. The van der Waals surface area contributed by atoms with Gasteiger partial charge in [0.1, 0.15) is 11.0 Å². The second kappa shape index (κ2) is 13.6. The summed E-state index contributed by atoms with van der Waals surface area (Å²) in [4.78, 5) is 12.0. The number of aromatic nitrogens is 2. The van der Waals surface area contributed by atoms with Gasteiger partial charge in [-0.05, 0) is 88.7 Å². The van der Waals surface area contributed by atoms with Crippen molar-refractivity contribution in [1.29, 1.82) is 0 Å². The van der Waals surface area contributed by atoms with Crippen LogP contribution in [0.3, 0.4) is 0 Å². The molecule has 8 aromatic rings. The minimum atomic E-state index is -0.549. The first-order valence-corrected chi connectivity index (χ1v) is 18.9. The number of anilines is 3. The summed E-state index contributed by atoms with van der Waals surface area (Å²) in [5, 5.41) is 0. The van der Waals surface area contributed by atoms with Crippen LogP contribution in [0.5, 0.6) is 0 Å². The molecule has 10 rings (SSSR count). The lowest BCUT2D eigenvalue weighted by atomic mass is 9.67. The van der Waals surface area contributed by atoms with E-state index in [2.05, 4.69) is 164 Å². The van der Waals surface area contributed by atoms with Gasteiger partial charge in [-0.25, -0.2) is 9.97 Å². The first-order chi connectivity index (χ1) is 27.6. The van der Waals surface area contributed by atoms with Crippen molar-refractivity contribution in [2.45, 2.75) is 18.3 Å². The van der Waals surface area contributed by atoms with E-state index in [1.54, 1.807) is 6.08 Å². The Kier molecular flexibility index (Phi) is 8.07. The van der Waals surface area contributed by atoms with Gasteiger partial charge in [0.2, 0.25) is 11.8 Å². The Morgan fingerprint density at radius 3 is 2.12 bits per heavy atom. The number of allylic oxidation sites excluding steroid dienone is 8. The number of hydrogen-bond donors (Lipinski definition) is 0. The van der Waals surface area contributed by atoms with Crippen molar-refractivity contribution in [2.24, 2.45) is 0 Å². The molecule has 0 saturated carbocycles. The Labute approximate surface area is 325 Å². The molecule has 0 unspecified atom stereocenters. The minimum Gasteiger partial charge on any atom is -0.436 e. The molecule has 0 saturated heterocycles. The third-order valence-electron chi connectivity index (χ3n) is 11.0. The molecule has 0 bridgehead atoms. The van der Waals surface area contributed by atoms with Crippen LogP contribution in [0.25, 0.3) is 44.5 Å². The summed E-state index contributed by atoms with van der Waals surface area (Å²) < 4.78 is 12.6. The number of oxazole rings is 2. The van der Waals surface area contributed by atoms with Crippen molar-refractivity contribution in [3.05, 3.63) is 223 Å². The maximum atomic E-state index is 6.48. The third kappa shape index (κ3) is 5.39. The molecule has 2 aliphatic rings. The number of nitrogens with zero attached hydrogens (tertiary/aromatic N) is 3. The van der Waals surface area contributed by atoms with E-state index in [0.29, 0.717) is 22.9 Å². The summed E-state index contributed by atoms with van der Waals surface area (Å²) in [5.41, 5.74) is 14.4. The number of rotatable bonds is 9. The standard InChI is InChI=1S/C51H37N3O2/c1-3-4-16-34(2)49-53-46-32-39(27-30-47(46)55-49)54(40-26-29-45-48(33-40)56-50(52-45)35-17-8-5-9-18-35)38-25-28-42-41-23-14-15-24-43(41)51(44(42)31-38,36-19-10-6-11-20-36)37-21-12-7-13-22-37/h3-8,10-17,19-33H,1-2,9,18H2/b16-4-. The summed E-state index contributed by atoms with van der Waals surface area (Å²) in [6, 6.07) is 49.8. The van der Waals surface area contributed by atoms with E-state index >= 15 is 0 Å². The van der Waals surface area contributed by atoms with Crippen LogP contribution in [-0.2, 0) is 5.41 Å². The Hall–Kier alpha value is -7.24. The lowest BCUT2D eigenvalue weighted by Gasteiger charge is -2.34. The Balaban J connectivity index is 1.20. The highest BCUT2D eigenvalue weighted by molar-refractivity contribution is 5.92. The van der Waals surface area contributed by atoms with E-state index in [1.807, 2.05) is 24.3 Å². The predicted molar refractivity (Wildman–Crippen MR) is 228 cm³/mol. The highest BCUT2D eigenvalue weighted by Crippen LogP contribution is 2.57.